The summed E-state index contributed by atoms with van der Waals surface area (Å²) in [5, 5.41) is 15.5. The highest BCUT2D eigenvalue weighted by atomic mass is 32.1. The number of rotatable bonds is 5. The average molecular weight is 355 g/mol. The maximum atomic E-state index is 12.0. The summed E-state index contributed by atoms with van der Waals surface area (Å²) in [5.41, 5.74) is 4.62. The molecule has 0 unspecified atom stereocenters. The summed E-state index contributed by atoms with van der Waals surface area (Å²) in [4.78, 5) is 18.6. The molecule has 1 aliphatic rings. The standard InChI is InChI=1S/C17H17N5O2S/c18-10-13-1-3-14(4-2-13)11-19-21-16(23)9-15-12-25-17(20-15)22-5-7-24-8-6-22/h1-4,11-12H,5-9H2,(H,21,23)/b19-11-. The van der Waals surface area contributed by atoms with E-state index in [1.54, 1.807) is 30.5 Å². The normalized spacial score (nSPS) is 14.4. The van der Waals surface area contributed by atoms with Gasteiger partial charge in [-0.1, -0.05) is 12.1 Å². The summed E-state index contributed by atoms with van der Waals surface area (Å²) >= 11 is 1.54. The highest BCUT2D eigenvalue weighted by molar-refractivity contribution is 7.13. The number of morpholine rings is 1. The largest absolute Gasteiger partial charge is 0.378 e. The van der Waals surface area contributed by atoms with Crippen LogP contribution in [0.15, 0.2) is 34.7 Å². The number of carbonyl (C=O) groups excluding carboxylic acids is 1. The molecule has 0 spiro atoms. The van der Waals surface area contributed by atoms with Gasteiger partial charge in [0.15, 0.2) is 5.13 Å². The van der Waals surface area contributed by atoms with E-state index >= 15 is 0 Å². The second-order valence-corrected chi connectivity index (χ2v) is 6.26. The number of hydrazone groups is 1. The van der Waals surface area contributed by atoms with Crippen LogP contribution in [0.1, 0.15) is 16.8 Å². The van der Waals surface area contributed by atoms with Gasteiger partial charge in [-0.05, 0) is 17.7 Å². The van der Waals surface area contributed by atoms with E-state index in [0.717, 1.165) is 29.5 Å². The topological polar surface area (TPSA) is 90.6 Å². The molecule has 1 amide bonds. The third-order valence-corrected chi connectivity index (χ3v) is 4.56. The van der Waals surface area contributed by atoms with Gasteiger partial charge in [-0.2, -0.15) is 10.4 Å². The van der Waals surface area contributed by atoms with Crippen LogP contribution in [0.25, 0.3) is 0 Å². The van der Waals surface area contributed by atoms with Crippen molar-refractivity contribution in [3.63, 3.8) is 0 Å². The first-order chi connectivity index (χ1) is 12.2. The summed E-state index contributed by atoms with van der Waals surface area (Å²) in [7, 11) is 0. The van der Waals surface area contributed by atoms with Gasteiger partial charge in [0.2, 0.25) is 5.91 Å². The summed E-state index contributed by atoms with van der Waals surface area (Å²) < 4.78 is 5.33. The fourth-order valence-corrected chi connectivity index (χ4v) is 3.18. The molecule has 7 nitrogen and oxygen atoms in total. The second-order valence-electron chi connectivity index (χ2n) is 5.42. The molecule has 0 saturated carbocycles. The van der Waals surface area contributed by atoms with E-state index in [1.165, 1.54) is 11.3 Å². The molecule has 1 saturated heterocycles. The Labute approximate surface area is 149 Å². The number of hydrogen-bond donors (Lipinski definition) is 1. The van der Waals surface area contributed by atoms with E-state index in [-0.39, 0.29) is 12.3 Å². The molecule has 3 rings (SSSR count). The predicted molar refractivity (Wildman–Crippen MR) is 95.7 cm³/mol. The van der Waals surface area contributed by atoms with Crippen LogP contribution >= 0.6 is 11.3 Å². The first-order valence-electron chi connectivity index (χ1n) is 7.84. The zero-order chi connectivity index (χ0) is 17.5. The number of carbonyl (C=O) groups is 1. The highest BCUT2D eigenvalue weighted by Gasteiger charge is 2.15. The molecule has 25 heavy (non-hydrogen) atoms. The smallest absolute Gasteiger partial charge is 0.246 e. The fourth-order valence-electron chi connectivity index (χ4n) is 2.30. The molecule has 128 valence electrons. The lowest BCUT2D eigenvalue weighted by Crippen LogP contribution is -2.36. The second kappa shape index (κ2) is 8.37. The number of nitrogens with one attached hydrogen (secondary N) is 1. The summed E-state index contributed by atoms with van der Waals surface area (Å²) in [5.74, 6) is -0.219. The van der Waals surface area contributed by atoms with Crippen molar-refractivity contribution >= 4 is 28.6 Å². The van der Waals surface area contributed by atoms with Crippen molar-refractivity contribution in [2.45, 2.75) is 6.42 Å². The lowest BCUT2D eigenvalue weighted by molar-refractivity contribution is -0.120. The van der Waals surface area contributed by atoms with Crippen molar-refractivity contribution in [1.82, 2.24) is 10.4 Å². The van der Waals surface area contributed by atoms with E-state index in [0.29, 0.717) is 18.8 Å². The van der Waals surface area contributed by atoms with Gasteiger partial charge in [0.1, 0.15) is 0 Å². The van der Waals surface area contributed by atoms with Gasteiger partial charge in [-0.3, -0.25) is 4.79 Å². The quantitative estimate of drug-likeness (QED) is 0.649. The predicted octanol–water partition coefficient (Wildman–Crippen LogP) is 1.54. The minimum atomic E-state index is -0.219. The van der Waals surface area contributed by atoms with Gasteiger partial charge < -0.3 is 9.64 Å². The Kier molecular flexibility index (Phi) is 5.72. The molecule has 1 N–H and O–H groups in total. The summed E-state index contributed by atoms with van der Waals surface area (Å²) in [6.45, 7) is 3.07. The van der Waals surface area contributed by atoms with E-state index in [2.05, 4.69) is 26.5 Å². The highest BCUT2D eigenvalue weighted by Crippen LogP contribution is 2.21. The van der Waals surface area contributed by atoms with Crippen LogP contribution in [0.5, 0.6) is 0 Å². The first kappa shape index (κ1) is 17.1. The number of nitrogens with zero attached hydrogens (tertiary/aromatic N) is 4. The number of hydrogen-bond acceptors (Lipinski definition) is 7. The van der Waals surface area contributed by atoms with Gasteiger partial charge in [-0.25, -0.2) is 10.4 Å². The SMILES string of the molecule is N#Cc1ccc(/C=N\NC(=O)Cc2csc(N3CCOCC3)n2)cc1. The molecule has 2 heterocycles. The maximum Gasteiger partial charge on any atom is 0.246 e. The van der Waals surface area contributed by atoms with Crippen molar-refractivity contribution in [3.8, 4) is 6.07 Å². The van der Waals surface area contributed by atoms with Crippen LogP contribution in [0.3, 0.4) is 0 Å². The molecule has 1 fully saturated rings. The molecule has 1 aromatic carbocycles. The molecular formula is C17H17N5O2S. The molecule has 0 atom stereocenters. The van der Waals surface area contributed by atoms with Crippen LogP contribution in [-0.4, -0.2) is 43.4 Å². The minimum Gasteiger partial charge on any atom is -0.378 e. The van der Waals surface area contributed by atoms with Crippen LogP contribution in [0.4, 0.5) is 5.13 Å². The van der Waals surface area contributed by atoms with Gasteiger partial charge in [0.05, 0.1) is 43.2 Å². The fraction of sp³-hybridized carbons (Fsp3) is 0.294. The first-order valence-corrected chi connectivity index (χ1v) is 8.72. The maximum absolute atomic E-state index is 12.0. The van der Waals surface area contributed by atoms with Gasteiger partial charge in [0, 0.05) is 18.5 Å². The number of ether oxygens (including phenoxy) is 1. The Morgan fingerprint density at radius 1 is 1.40 bits per heavy atom. The molecule has 2 aromatic rings. The third kappa shape index (κ3) is 4.86. The van der Waals surface area contributed by atoms with Crippen LogP contribution in [0, 0.1) is 11.3 Å². The molecule has 0 bridgehead atoms. The van der Waals surface area contributed by atoms with E-state index in [1.807, 2.05) is 5.38 Å². The molecule has 1 aliphatic heterocycles. The zero-order valence-electron chi connectivity index (χ0n) is 13.5. The number of amides is 1. The van der Waals surface area contributed by atoms with E-state index < -0.39 is 0 Å². The number of anilines is 1. The monoisotopic (exact) mass is 355 g/mol. The van der Waals surface area contributed by atoms with Crippen molar-refractivity contribution < 1.29 is 9.53 Å². The zero-order valence-corrected chi connectivity index (χ0v) is 14.3. The summed E-state index contributed by atoms with van der Waals surface area (Å²) in [6.07, 6.45) is 1.73. The van der Waals surface area contributed by atoms with E-state index in [9.17, 15) is 4.79 Å². The van der Waals surface area contributed by atoms with Crippen molar-refractivity contribution in [2.24, 2.45) is 5.10 Å². The van der Waals surface area contributed by atoms with Crippen molar-refractivity contribution in [3.05, 3.63) is 46.5 Å². The van der Waals surface area contributed by atoms with Crippen molar-refractivity contribution in [2.75, 3.05) is 31.2 Å². The number of thiazole rings is 1. The Bertz CT molecular complexity index is 788. The number of benzene rings is 1. The lowest BCUT2D eigenvalue weighted by Gasteiger charge is -2.26. The minimum absolute atomic E-state index is 0.186. The van der Waals surface area contributed by atoms with Crippen LogP contribution in [0.2, 0.25) is 0 Å². The van der Waals surface area contributed by atoms with Crippen molar-refractivity contribution in [1.29, 1.82) is 5.26 Å². The summed E-state index contributed by atoms with van der Waals surface area (Å²) in [6, 6.07) is 8.99. The van der Waals surface area contributed by atoms with Crippen LogP contribution < -0.4 is 10.3 Å². The average Bonchev–Trinajstić information content (AvgIpc) is 3.11. The number of nitriles is 1. The Hall–Kier alpha value is -2.76. The molecule has 0 radical (unpaired) electrons. The third-order valence-electron chi connectivity index (χ3n) is 3.61. The van der Waals surface area contributed by atoms with Crippen LogP contribution in [-0.2, 0) is 16.0 Å². The van der Waals surface area contributed by atoms with Gasteiger partial charge in [-0.15, -0.1) is 11.3 Å². The van der Waals surface area contributed by atoms with E-state index in [4.69, 9.17) is 10.00 Å². The lowest BCUT2D eigenvalue weighted by atomic mass is 10.2. The molecule has 8 heteroatoms. The molecular weight excluding hydrogens is 338 g/mol. The molecule has 0 aliphatic carbocycles. The van der Waals surface area contributed by atoms with Gasteiger partial charge >= 0.3 is 0 Å². The van der Waals surface area contributed by atoms with Gasteiger partial charge in [0.25, 0.3) is 0 Å². The Morgan fingerprint density at radius 2 is 2.16 bits per heavy atom. The Balaban J connectivity index is 1.49. The number of aromatic nitrogens is 1. The molecule has 1 aromatic heterocycles. The Morgan fingerprint density at radius 3 is 2.88 bits per heavy atom.